The summed E-state index contributed by atoms with van der Waals surface area (Å²) in [4.78, 5) is 0. The molecule has 1 saturated carbocycles. The summed E-state index contributed by atoms with van der Waals surface area (Å²) in [5.41, 5.74) is 0.388. The maximum absolute atomic E-state index is 5.69. The topological polar surface area (TPSA) is 9.23 Å². The van der Waals surface area contributed by atoms with E-state index in [0.717, 1.165) is 12.5 Å². The van der Waals surface area contributed by atoms with Gasteiger partial charge in [-0.3, -0.25) is 0 Å². The minimum absolute atomic E-state index is 0.388. The van der Waals surface area contributed by atoms with Crippen molar-refractivity contribution in [2.45, 2.75) is 38.2 Å². The van der Waals surface area contributed by atoms with Gasteiger partial charge in [0.05, 0.1) is 5.60 Å². The van der Waals surface area contributed by atoms with Crippen molar-refractivity contribution in [3.8, 4) is 0 Å². The van der Waals surface area contributed by atoms with Gasteiger partial charge in [0.2, 0.25) is 0 Å². The molecule has 2 rings (SSSR count). The summed E-state index contributed by atoms with van der Waals surface area (Å²) in [5, 5.41) is 0. The lowest BCUT2D eigenvalue weighted by Crippen LogP contribution is -2.35. The van der Waals surface area contributed by atoms with Gasteiger partial charge in [0.25, 0.3) is 0 Å². The minimum atomic E-state index is 0.388. The van der Waals surface area contributed by atoms with Crippen molar-refractivity contribution in [1.82, 2.24) is 0 Å². The van der Waals surface area contributed by atoms with Crippen LogP contribution in [0.2, 0.25) is 0 Å². The van der Waals surface area contributed by atoms with E-state index in [0.29, 0.717) is 5.60 Å². The third-order valence-electron chi connectivity index (χ3n) is 2.66. The number of rotatable bonds is 0. The first-order chi connectivity index (χ1) is 4.31. The predicted octanol–water partition coefficient (Wildman–Crippen LogP) is 1.97. The lowest BCUT2D eigenvalue weighted by Gasteiger charge is -2.37. The smallest absolute Gasteiger partial charge is 0.0686 e. The van der Waals surface area contributed by atoms with E-state index in [-0.39, 0.29) is 0 Å². The molecule has 1 heteroatoms. The van der Waals surface area contributed by atoms with Gasteiger partial charge in [0.15, 0.2) is 0 Å². The van der Waals surface area contributed by atoms with E-state index in [4.69, 9.17) is 4.74 Å². The van der Waals surface area contributed by atoms with Gasteiger partial charge < -0.3 is 4.74 Å². The van der Waals surface area contributed by atoms with Crippen molar-refractivity contribution in [2.75, 3.05) is 6.61 Å². The van der Waals surface area contributed by atoms with Crippen LogP contribution in [-0.2, 0) is 4.74 Å². The molecule has 1 nitrogen and oxygen atoms in total. The van der Waals surface area contributed by atoms with Crippen LogP contribution in [0.3, 0.4) is 0 Å². The molecule has 2 aliphatic rings. The Bertz CT molecular complexity index is 116. The van der Waals surface area contributed by atoms with E-state index in [1.807, 2.05) is 0 Å². The van der Waals surface area contributed by atoms with E-state index in [1.165, 1.54) is 25.7 Å². The highest BCUT2D eigenvalue weighted by molar-refractivity contribution is 4.94. The third kappa shape index (κ3) is 0.787. The molecule has 1 atom stereocenters. The van der Waals surface area contributed by atoms with Gasteiger partial charge >= 0.3 is 0 Å². The average Bonchev–Trinajstić information content (AvgIpc) is 2.09. The molecule has 0 radical (unpaired) electrons. The zero-order chi connectivity index (χ0) is 6.32. The fourth-order valence-corrected chi connectivity index (χ4v) is 1.99. The summed E-state index contributed by atoms with van der Waals surface area (Å²) in [6.07, 6.45) is 5.38. The fraction of sp³-hybridized carbons (Fsp3) is 1.00. The van der Waals surface area contributed by atoms with Crippen molar-refractivity contribution >= 4 is 0 Å². The maximum atomic E-state index is 5.69. The van der Waals surface area contributed by atoms with Crippen molar-refractivity contribution in [3.63, 3.8) is 0 Å². The largest absolute Gasteiger partial charge is 0.375 e. The Morgan fingerprint density at radius 1 is 1.44 bits per heavy atom. The van der Waals surface area contributed by atoms with Gasteiger partial charge in [-0.2, -0.15) is 0 Å². The summed E-state index contributed by atoms with van der Waals surface area (Å²) in [6, 6.07) is 0. The van der Waals surface area contributed by atoms with Crippen LogP contribution in [0, 0.1) is 5.92 Å². The molecule has 0 N–H and O–H groups in total. The van der Waals surface area contributed by atoms with Gasteiger partial charge in [-0.15, -0.1) is 0 Å². The Hall–Kier alpha value is -0.0400. The number of hydrogen-bond acceptors (Lipinski definition) is 1. The molecule has 1 unspecified atom stereocenters. The number of hydrogen-bond donors (Lipinski definition) is 0. The fourth-order valence-electron chi connectivity index (χ4n) is 1.99. The van der Waals surface area contributed by atoms with Gasteiger partial charge in [0, 0.05) is 6.61 Å². The Morgan fingerprint density at radius 2 is 2.22 bits per heavy atom. The molecule has 0 bridgehead atoms. The second kappa shape index (κ2) is 1.72. The third-order valence-corrected chi connectivity index (χ3v) is 2.66. The highest BCUT2D eigenvalue weighted by Gasteiger charge is 2.43. The quantitative estimate of drug-likeness (QED) is 0.482. The normalized spacial score (nSPS) is 39.0. The van der Waals surface area contributed by atoms with E-state index in [2.05, 4.69) is 6.92 Å². The molecule has 1 spiro atoms. The summed E-state index contributed by atoms with van der Waals surface area (Å²) >= 11 is 0. The lowest BCUT2D eigenvalue weighted by atomic mass is 9.77. The molecular formula is C8H14O. The second-order valence-electron chi connectivity index (χ2n) is 3.66. The minimum Gasteiger partial charge on any atom is -0.375 e. The Morgan fingerprint density at radius 3 is 2.44 bits per heavy atom. The molecule has 1 aliphatic heterocycles. The molecular weight excluding hydrogens is 112 g/mol. The van der Waals surface area contributed by atoms with Gasteiger partial charge in [-0.05, 0) is 31.6 Å². The highest BCUT2D eigenvalue weighted by atomic mass is 16.5. The van der Waals surface area contributed by atoms with Gasteiger partial charge in [0.1, 0.15) is 0 Å². The van der Waals surface area contributed by atoms with Crippen LogP contribution in [0.5, 0.6) is 0 Å². The Balaban J connectivity index is 1.99. The zero-order valence-corrected chi connectivity index (χ0v) is 6.02. The Kier molecular flexibility index (Phi) is 1.10. The van der Waals surface area contributed by atoms with Crippen LogP contribution in [0.1, 0.15) is 32.6 Å². The first-order valence-corrected chi connectivity index (χ1v) is 3.95. The average molecular weight is 126 g/mol. The summed E-state index contributed by atoms with van der Waals surface area (Å²) < 4.78 is 5.69. The van der Waals surface area contributed by atoms with E-state index in [1.54, 1.807) is 0 Å². The molecule has 0 aromatic rings. The Labute approximate surface area is 56.4 Å². The first-order valence-electron chi connectivity index (χ1n) is 3.95. The first kappa shape index (κ1) is 5.72. The van der Waals surface area contributed by atoms with E-state index < -0.39 is 0 Å². The van der Waals surface area contributed by atoms with Crippen LogP contribution in [0.25, 0.3) is 0 Å². The summed E-state index contributed by atoms with van der Waals surface area (Å²) in [7, 11) is 0. The molecule has 0 aromatic carbocycles. The van der Waals surface area contributed by atoms with Crippen molar-refractivity contribution in [1.29, 1.82) is 0 Å². The molecule has 1 heterocycles. The van der Waals surface area contributed by atoms with Crippen LogP contribution >= 0.6 is 0 Å². The summed E-state index contributed by atoms with van der Waals surface area (Å²) in [6.45, 7) is 3.30. The van der Waals surface area contributed by atoms with E-state index in [9.17, 15) is 0 Å². The summed E-state index contributed by atoms with van der Waals surface area (Å²) in [5.74, 6) is 0.824. The highest BCUT2D eigenvalue weighted by Crippen LogP contribution is 2.44. The lowest BCUT2D eigenvalue weighted by molar-refractivity contribution is -0.0564. The molecule has 2 fully saturated rings. The molecule has 1 aliphatic carbocycles. The molecule has 1 saturated heterocycles. The monoisotopic (exact) mass is 126 g/mol. The zero-order valence-electron chi connectivity index (χ0n) is 6.02. The second-order valence-corrected chi connectivity index (χ2v) is 3.66. The molecule has 0 aromatic heterocycles. The van der Waals surface area contributed by atoms with Crippen molar-refractivity contribution in [3.05, 3.63) is 0 Å². The van der Waals surface area contributed by atoms with E-state index >= 15 is 0 Å². The van der Waals surface area contributed by atoms with Gasteiger partial charge in [-0.1, -0.05) is 6.92 Å². The SMILES string of the molecule is CC1COC2(CCC2)C1. The maximum Gasteiger partial charge on any atom is 0.0686 e. The standard InChI is InChI=1S/C8H14O/c1-7-5-8(9-6-7)3-2-4-8/h7H,2-6H2,1H3. The van der Waals surface area contributed by atoms with Crippen LogP contribution < -0.4 is 0 Å². The molecule has 52 valence electrons. The van der Waals surface area contributed by atoms with Gasteiger partial charge in [-0.25, -0.2) is 0 Å². The van der Waals surface area contributed by atoms with Crippen LogP contribution in [-0.4, -0.2) is 12.2 Å². The van der Waals surface area contributed by atoms with Crippen LogP contribution in [0.15, 0.2) is 0 Å². The van der Waals surface area contributed by atoms with Crippen molar-refractivity contribution < 1.29 is 4.74 Å². The van der Waals surface area contributed by atoms with Crippen LogP contribution in [0.4, 0.5) is 0 Å². The number of ether oxygens (including phenoxy) is 1. The van der Waals surface area contributed by atoms with Crippen molar-refractivity contribution in [2.24, 2.45) is 5.92 Å². The molecule has 0 amide bonds. The molecule has 9 heavy (non-hydrogen) atoms. The predicted molar refractivity (Wildman–Crippen MR) is 36.3 cm³/mol.